The van der Waals surface area contributed by atoms with Crippen LogP contribution in [0, 0.1) is 22.9 Å². The molecular formula is C13H9FN2O5. The molecule has 8 heteroatoms. The Bertz CT molecular complexity index is 732. The lowest BCUT2D eigenvalue weighted by Gasteiger charge is -2.09. The second-order valence-electron chi connectivity index (χ2n) is 4.11. The molecule has 0 fully saturated rings. The van der Waals surface area contributed by atoms with Crippen LogP contribution in [-0.4, -0.2) is 21.0 Å². The molecule has 0 atom stereocenters. The molecular weight excluding hydrogens is 283 g/mol. The number of aromatic nitrogens is 1. The van der Waals surface area contributed by atoms with Gasteiger partial charge < -0.3 is 9.84 Å². The van der Waals surface area contributed by atoms with E-state index in [1.54, 1.807) is 0 Å². The number of rotatable bonds is 4. The highest BCUT2D eigenvalue weighted by molar-refractivity contribution is 5.90. The van der Waals surface area contributed by atoms with Crippen LogP contribution in [0.2, 0.25) is 0 Å². The highest BCUT2D eigenvalue weighted by atomic mass is 19.1. The fourth-order valence-electron chi connectivity index (χ4n) is 1.67. The van der Waals surface area contributed by atoms with Crippen LogP contribution in [0.4, 0.5) is 10.1 Å². The lowest BCUT2D eigenvalue weighted by Crippen LogP contribution is -2.02. The van der Waals surface area contributed by atoms with E-state index in [0.717, 1.165) is 18.3 Å². The Labute approximate surface area is 117 Å². The predicted octanol–water partition coefficient (Wildman–Crippen LogP) is 2.93. The van der Waals surface area contributed by atoms with E-state index in [1.807, 2.05) is 0 Å². The number of benzene rings is 1. The molecule has 0 radical (unpaired) electrons. The number of hydrogen-bond acceptors (Lipinski definition) is 5. The molecule has 1 heterocycles. The van der Waals surface area contributed by atoms with Crippen LogP contribution in [0.3, 0.4) is 0 Å². The van der Waals surface area contributed by atoms with Crippen molar-refractivity contribution in [3.63, 3.8) is 0 Å². The normalized spacial score (nSPS) is 10.2. The zero-order valence-electron chi connectivity index (χ0n) is 10.7. The van der Waals surface area contributed by atoms with Gasteiger partial charge in [-0.05, 0) is 13.0 Å². The van der Waals surface area contributed by atoms with E-state index in [0.29, 0.717) is 0 Å². The molecule has 2 aromatic rings. The number of carbonyl (C=O) groups is 1. The zero-order chi connectivity index (χ0) is 15.6. The van der Waals surface area contributed by atoms with Crippen LogP contribution >= 0.6 is 0 Å². The van der Waals surface area contributed by atoms with E-state index in [1.165, 1.54) is 19.2 Å². The van der Waals surface area contributed by atoms with Gasteiger partial charge in [0.1, 0.15) is 11.3 Å². The second kappa shape index (κ2) is 5.53. The minimum absolute atomic E-state index is 0.107. The monoisotopic (exact) mass is 292 g/mol. The second-order valence-corrected chi connectivity index (χ2v) is 4.11. The number of hydrogen-bond donors (Lipinski definition) is 1. The number of aryl methyl sites for hydroxylation is 1. The summed E-state index contributed by atoms with van der Waals surface area (Å²) in [5.41, 5.74) is -0.428. The Balaban J connectivity index is 2.44. The van der Waals surface area contributed by atoms with Crippen molar-refractivity contribution in [2.45, 2.75) is 6.92 Å². The summed E-state index contributed by atoms with van der Waals surface area (Å²) in [6, 6.07) is 3.13. The minimum Gasteiger partial charge on any atom is -0.477 e. The number of aromatic carboxylic acids is 1. The van der Waals surface area contributed by atoms with Crippen LogP contribution in [0.15, 0.2) is 30.6 Å². The first-order chi connectivity index (χ1) is 9.90. The number of nitro groups is 1. The third-order valence-electron chi connectivity index (χ3n) is 2.68. The van der Waals surface area contributed by atoms with Crippen LogP contribution in [0.1, 0.15) is 15.9 Å². The Hall–Kier alpha value is -3.03. The average Bonchev–Trinajstić information content (AvgIpc) is 2.42. The van der Waals surface area contributed by atoms with Gasteiger partial charge in [-0.15, -0.1) is 0 Å². The number of nitrogens with zero attached hydrogens (tertiary/aromatic N) is 2. The Kier molecular flexibility index (Phi) is 3.79. The van der Waals surface area contributed by atoms with E-state index >= 15 is 0 Å². The van der Waals surface area contributed by atoms with Gasteiger partial charge in [-0.3, -0.25) is 15.1 Å². The molecule has 1 aromatic heterocycles. The first kappa shape index (κ1) is 14.4. The average molecular weight is 292 g/mol. The van der Waals surface area contributed by atoms with E-state index in [9.17, 15) is 19.3 Å². The summed E-state index contributed by atoms with van der Waals surface area (Å²) in [5.74, 6) is -2.64. The van der Waals surface area contributed by atoms with Crippen LogP contribution in [-0.2, 0) is 0 Å². The van der Waals surface area contributed by atoms with Crippen LogP contribution in [0.25, 0.3) is 0 Å². The Morgan fingerprint density at radius 1 is 1.43 bits per heavy atom. The Morgan fingerprint density at radius 2 is 2.14 bits per heavy atom. The summed E-state index contributed by atoms with van der Waals surface area (Å²) in [7, 11) is 0. The number of halogens is 1. The molecule has 7 nitrogen and oxygen atoms in total. The topological polar surface area (TPSA) is 103 Å². The van der Waals surface area contributed by atoms with Crippen LogP contribution < -0.4 is 4.74 Å². The van der Waals surface area contributed by atoms with Crippen molar-refractivity contribution >= 4 is 11.7 Å². The number of carboxylic acids is 1. The summed E-state index contributed by atoms with van der Waals surface area (Å²) >= 11 is 0. The van der Waals surface area contributed by atoms with Crippen molar-refractivity contribution in [3.8, 4) is 11.5 Å². The highest BCUT2D eigenvalue weighted by Crippen LogP contribution is 2.31. The zero-order valence-corrected chi connectivity index (χ0v) is 10.7. The Morgan fingerprint density at radius 3 is 2.76 bits per heavy atom. The van der Waals surface area contributed by atoms with Gasteiger partial charge in [-0.25, -0.2) is 9.18 Å². The van der Waals surface area contributed by atoms with Crippen molar-refractivity contribution < 1.29 is 24.0 Å². The molecule has 2 rings (SSSR count). The van der Waals surface area contributed by atoms with Crippen molar-refractivity contribution in [1.82, 2.24) is 4.98 Å². The van der Waals surface area contributed by atoms with Crippen molar-refractivity contribution in [2.24, 2.45) is 0 Å². The molecule has 0 saturated heterocycles. The first-order valence-electron chi connectivity index (χ1n) is 5.70. The fraction of sp³-hybridized carbons (Fsp3) is 0.0769. The third kappa shape index (κ3) is 2.94. The van der Waals surface area contributed by atoms with Gasteiger partial charge in [0, 0.05) is 24.0 Å². The van der Waals surface area contributed by atoms with Gasteiger partial charge in [-0.1, -0.05) is 0 Å². The van der Waals surface area contributed by atoms with Crippen LogP contribution in [0.5, 0.6) is 11.5 Å². The molecule has 0 bridgehead atoms. The molecule has 108 valence electrons. The molecule has 0 aliphatic rings. The van der Waals surface area contributed by atoms with Crippen molar-refractivity contribution in [2.75, 3.05) is 0 Å². The number of pyridine rings is 1. The molecule has 0 aliphatic carbocycles. The van der Waals surface area contributed by atoms with Gasteiger partial charge in [0.15, 0.2) is 11.6 Å². The summed E-state index contributed by atoms with van der Waals surface area (Å²) in [6.45, 7) is 1.43. The number of ether oxygens (including phenoxy) is 1. The van der Waals surface area contributed by atoms with Gasteiger partial charge in [-0.2, -0.15) is 0 Å². The maximum Gasteiger partial charge on any atom is 0.341 e. The number of nitro benzene ring substituents is 1. The molecule has 0 saturated carbocycles. The standard InChI is InChI=1S/C13H9FN2O5/c1-7-4-12(9(14)5-10(7)16(19)20)21-11-2-3-15-6-8(11)13(17)18/h2-6H,1H3,(H,17,18). The lowest BCUT2D eigenvalue weighted by molar-refractivity contribution is -0.385. The van der Waals surface area contributed by atoms with Gasteiger partial charge in [0.05, 0.1) is 11.0 Å². The van der Waals surface area contributed by atoms with E-state index in [-0.39, 0.29) is 28.3 Å². The lowest BCUT2D eigenvalue weighted by atomic mass is 10.2. The predicted molar refractivity (Wildman–Crippen MR) is 69.1 cm³/mol. The van der Waals surface area contributed by atoms with Crippen molar-refractivity contribution in [3.05, 3.63) is 57.7 Å². The summed E-state index contributed by atoms with van der Waals surface area (Å²) in [4.78, 5) is 24.6. The molecule has 0 spiro atoms. The highest BCUT2D eigenvalue weighted by Gasteiger charge is 2.19. The van der Waals surface area contributed by atoms with Crippen molar-refractivity contribution in [1.29, 1.82) is 0 Å². The first-order valence-corrected chi connectivity index (χ1v) is 5.70. The molecule has 1 N–H and O–H groups in total. The smallest absolute Gasteiger partial charge is 0.341 e. The van der Waals surface area contributed by atoms with E-state index in [4.69, 9.17) is 9.84 Å². The van der Waals surface area contributed by atoms with Gasteiger partial charge in [0.25, 0.3) is 5.69 Å². The molecule has 1 aromatic carbocycles. The van der Waals surface area contributed by atoms with E-state index < -0.39 is 16.7 Å². The fourth-order valence-corrected chi connectivity index (χ4v) is 1.67. The maximum atomic E-state index is 13.8. The summed E-state index contributed by atoms with van der Waals surface area (Å²) in [6.07, 6.45) is 2.35. The number of carboxylic acid groups (broad SMARTS) is 1. The molecule has 0 amide bonds. The molecule has 21 heavy (non-hydrogen) atoms. The van der Waals surface area contributed by atoms with E-state index in [2.05, 4.69) is 4.98 Å². The van der Waals surface area contributed by atoms with Gasteiger partial charge in [0.2, 0.25) is 0 Å². The third-order valence-corrected chi connectivity index (χ3v) is 2.68. The quantitative estimate of drug-likeness (QED) is 0.686. The van der Waals surface area contributed by atoms with Gasteiger partial charge >= 0.3 is 5.97 Å². The molecule has 0 unspecified atom stereocenters. The SMILES string of the molecule is Cc1cc(Oc2ccncc2C(=O)O)c(F)cc1[N+](=O)[O-]. The molecule has 0 aliphatic heterocycles. The minimum atomic E-state index is -1.28. The summed E-state index contributed by atoms with van der Waals surface area (Å²) in [5, 5.41) is 19.7. The summed E-state index contributed by atoms with van der Waals surface area (Å²) < 4.78 is 19.0. The largest absolute Gasteiger partial charge is 0.477 e. The maximum absolute atomic E-state index is 13.8.